The maximum atomic E-state index is 14.7. The Labute approximate surface area is 636 Å². The van der Waals surface area contributed by atoms with Crippen molar-refractivity contribution in [2.45, 2.75) is 66.6 Å². The van der Waals surface area contributed by atoms with Gasteiger partial charge in [-0.2, -0.15) is 20.4 Å². The van der Waals surface area contributed by atoms with Crippen LogP contribution in [0.2, 0.25) is 0 Å². The zero-order valence-corrected chi connectivity index (χ0v) is 63.2. The Hall–Kier alpha value is -10.6. The maximum absolute atomic E-state index is 14.7. The molecular formula is C72H61BBrClF8N16O4S4. The molecular weight excluding hydrogens is 1560 g/mol. The number of benzene rings is 6. The number of nitrogens with one attached hydrogen (secondary N) is 1. The number of anilines is 4. The summed E-state index contributed by atoms with van der Waals surface area (Å²) in [5.41, 5.74) is 22.3. The number of nitrogens with zero attached hydrogens (tertiary/aromatic N) is 12. The van der Waals surface area contributed by atoms with Gasteiger partial charge in [0.2, 0.25) is 20.5 Å². The highest BCUT2D eigenvalue weighted by Gasteiger charge is 2.52. The van der Waals surface area contributed by atoms with Crippen molar-refractivity contribution >= 4 is 119 Å². The van der Waals surface area contributed by atoms with Crippen LogP contribution in [0, 0.1) is 74.2 Å². The molecule has 0 spiro atoms. The van der Waals surface area contributed by atoms with Crippen LogP contribution in [-0.4, -0.2) is 88.5 Å². The van der Waals surface area contributed by atoms with Gasteiger partial charge in [0.25, 0.3) is 11.1 Å². The average Bonchev–Trinajstić information content (AvgIpc) is 1.59. The smallest absolute Gasteiger partial charge is 0.399 e. The van der Waals surface area contributed by atoms with Crippen molar-refractivity contribution in [1.29, 1.82) is 0 Å². The Morgan fingerprint density at radius 1 is 0.449 bits per heavy atom. The van der Waals surface area contributed by atoms with Crippen molar-refractivity contribution in [3.8, 4) is 53.9 Å². The van der Waals surface area contributed by atoms with Gasteiger partial charge in [-0.15, -0.1) is 45.3 Å². The molecule has 7 N–H and O–H groups in total. The largest absolute Gasteiger partial charge is 0.497 e. The molecule has 0 unspecified atom stereocenters. The van der Waals surface area contributed by atoms with E-state index < -0.39 is 75.5 Å². The van der Waals surface area contributed by atoms with E-state index in [0.717, 1.165) is 90.5 Å². The average molecular weight is 1620 g/mol. The first kappa shape index (κ1) is 79.0. The van der Waals surface area contributed by atoms with Gasteiger partial charge in [0.15, 0.2) is 0 Å². The van der Waals surface area contributed by atoms with E-state index in [1.165, 1.54) is 64.3 Å². The maximum Gasteiger partial charge on any atom is 0.497 e. The topological polar surface area (TPSA) is 266 Å². The second-order valence-corrected chi connectivity index (χ2v) is 28.6. The molecule has 1 aliphatic rings. The van der Waals surface area contributed by atoms with Crippen LogP contribution in [0.4, 0.5) is 57.9 Å². The van der Waals surface area contributed by atoms with E-state index in [-0.39, 0.29) is 22.9 Å². The Kier molecular flexibility index (Phi) is 25.3. The molecule has 1 aliphatic heterocycles. The summed E-state index contributed by atoms with van der Waals surface area (Å²) in [4.78, 5) is 39.2. The Balaban J connectivity index is 0.000000141. The number of aromatic nitrogens is 12. The summed E-state index contributed by atoms with van der Waals surface area (Å²) < 4.78 is 128. The predicted octanol–water partition coefficient (Wildman–Crippen LogP) is 17.5. The van der Waals surface area contributed by atoms with Crippen molar-refractivity contribution in [1.82, 2.24) is 59.1 Å². The van der Waals surface area contributed by atoms with Crippen molar-refractivity contribution in [2.75, 3.05) is 22.5 Å². The third-order valence-corrected chi connectivity index (χ3v) is 20.0. The highest BCUT2D eigenvalue weighted by Crippen LogP contribution is 2.38. The van der Waals surface area contributed by atoms with Crippen LogP contribution in [-0.2, 0) is 9.31 Å². The minimum atomic E-state index is -1.12. The number of carbonyl (C=O) groups is 2. The highest BCUT2D eigenvalue weighted by molar-refractivity contribution is 9.10. The van der Waals surface area contributed by atoms with E-state index in [0.29, 0.717) is 50.0 Å². The third-order valence-electron chi connectivity index (χ3n) is 16.0. The molecule has 550 valence electrons. The third kappa shape index (κ3) is 19.2. The standard InChI is InChI=1S/C20H13F3N4OS.2C13H11FN4S.C12H17BFNO2.C7H6BrN3S.C7H3ClF2O/c1-11-14(10-27(26-11)20-24-7-8-29-20)13-6-5-12(9-17(13)23)25-19(28)18-15(21)3-2-4-16(18)22;2*1-8-11(10-3-2-9(15)6-12(10)14)7-18(17-8)13-16-4-5-19-13;1-11(2)12(3,4)17-13(16-11)9-6-5-8(15)7-10(9)14;1-5-6(8)4-11(10-5)7-9-2-3-12-7;8-7(11)6-4(9)2-1-3-5(6)10/h2-10H,1H3,(H,25,28);2*2-7H,15H2,1H3;5-7H,15H2,1-4H3;2-4H,1H3;1-3H. The molecule has 1 fully saturated rings. The summed E-state index contributed by atoms with van der Waals surface area (Å²) in [5, 5.41) is 29.1. The minimum Gasteiger partial charge on any atom is -0.399 e. The molecule has 35 heteroatoms. The molecule has 107 heavy (non-hydrogen) atoms. The van der Waals surface area contributed by atoms with Gasteiger partial charge < -0.3 is 31.8 Å². The van der Waals surface area contributed by atoms with E-state index in [9.17, 15) is 44.7 Å². The number of thiazole rings is 4. The first-order valence-electron chi connectivity index (χ1n) is 31.6. The van der Waals surface area contributed by atoms with Gasteiger partial charge in [-0.1, -0.05) is 18.2 Å². The zero-order chi connectivity index (χ0) is 77.2. The number of rotatable bonds is 11. The van der Waals surface area contributed by atoms with Gasteiger partial charge in [-0.25, -0.2) is 73.8 Å². The van der Waals surface area contributed by atoms with E-state index in [4.69, 9.17) is 38.1 Å². The number of hydrogen-bond acceptors (Lipinski definition) is 19. The minimum absolute atomic E-state index is 0.0730. The molecule has 1 saturated heterocycles. The first-order valence-corrected chi connectivity index (χ1v) is 36.3. The highest BCUT2D eigenvalue weighted by atomic mass is 79.9. The number of carbonyl (C=O) groups excluding carboxylic acids is 2. The quantitative estimate of drug-likeness (QED) is 0.0406. The monoisotopic (exact) mass is 1620 g/mol. The Bertz CT molecular complexity index is 5230. The second-order valence-electron chi connectivity index (χ2n) is 23.9. The molecule has 20 nitrogen and oxygen atoms in total. The molecule has 0 atom stereocenters. The van der Waals surface area contributed by atoms with Crippen molar-refractivity contribution in [3.05, 3.63) is 265 Å². The second kappa shape index (κ2) is 34.3. The predicted molar refractivity (Wildman–Crippen MR) is 406 cm³/mol. The summed E-state index contributed by atoms with van der Waals surface area (Å²) in [7, 11) is -0.680. The van der Waals surface area contributed by atoms with Crippen LogP contribution in [0.5, 0.6) is 0 Å². The Morgan fingerprint density at radius 2 is 0.785 bits per heavy atom. The van der Waals surface area contributed by atoms with Gasteiger partial charge in [0.05, 0.1) is 38.5 Å². The molecule has 6 aromatic carbocycles. The van der Waals surface area contributed by atoms with Crippen LogP contribution in [0.3, 0.4) is 0 Å². The van der Waals surface area contributed by atoms with Gasteiger partial charge in [0.1, 0.15) is 57.7 Å². The van der Waals surface area contributed by atoms with E-state index >= 15 is 0 Å². The lowest BCUT2D eigenvalue weighted by Crippen LogP contribution is -2.41. The van der Waals surface area contributed by atoms with Crippen LogP contribution < -0.4 is 28.0 Å². The number of hydrogen-bond donors (Lipinski definition) is 4. The van der Waals surface area contributed by atoms with E-state index in [1.54, 1.807) is 117 Å². The molecule has 8 aromatic heterocycles. The Morgan fingerprint density at radius 3 is 1.10 bits per heavy atom. The van der Waals surface area contributed by atoms with Crippen LogP contribution >= 0.6 is 72.9 Å². The van der Waals surface area contributed by atoms with Crippen molar-refractivity contribution < 1.29 is 54.0 Å². The fourth-order valence-electron chi connectivity index (χ4n) is 9.93. The number of nitrogen functional groups attached to an aromatic ring is 3. The van der Waals surface area contributed by atoms with Gasteiger partial charge in [-0.05, 0) is 174 Å². The molecule has 15 rings (SSSR count). The lowest BCUT2D eigenvalue weighted by molar-refractivity contribution is 0.00578. The molecule has 0 radical (unpaired) electrons. The van der Waals surface area contributed by atoms with Gasteiger partial charge in [-0.3, -0.25) is 9.59 Å². The van der Waals surface area contributed by atoms with E-state index in [1.807, 2.05) is 76.2 Å². The summed E-state index contributed by atoms with van der Waals surface area (Å²) >= 11 is 14.2. The fraction of sp³-hybridized carbons (Fsp3) is 0.139. The van der Waals surface area contributed by atoms with Crippen molar-refractivity contribution in [3.63, 3.8) is 0 Å². The number of amides is 1. The normalized spacial score (nSPS) is 12.4. The first-order chi connectivity index (χ1) is 50.9. The van der Waals surface area contributed by atoms with Gasteiger partial charge in [0, 0.05) is 133 Å². The summed E-state index contributed by atoms with van der Waals surface area (Å²) in [6, 6.07) is 24.1. The molecule has 0 aliphatic carbocycles. The van der Waals surface area contributed by atoms with Gasteiger partial charge >= 0.3 is 7.12 Å². The number of aryl methyl sites for hydroxylation is 4. The molecule has 0 saturated carbocycles. The van der Waals surface area contributed by atoms with E-state index in [2.05, 4.69) is 61.6 Å². The summed E-state index contributed by atoms with van der Waals surface area (Å²) in [6.07, 6.45) is 14.0. The molecule has 9 heterocycles. The zero-order valence-electron chi connectivity index (χ0n) is 57.5. The molecule has 1 amide bonds. The number of nitrogens with two attached hydrogens (primary N) is 3. The van der Waals surface area contributed by atoms with Crippen LogP contribution in [0.1, 0.15) is 71.2 Å². The molecule has 14 aromatic rings. The molecule has 0 bridgehead atoms. The summed E-state index contributed by atoms with van der Waals surface area (Å²) in [6.45, 7) is 15.1. The summed E-state index contributed by atoms with van der Waals surface area (Å²) in [5.74, 6) is -6.57. The lowest BCUT2D eigenvalue weighted by Gasteiger charge is -2.32. The van der Waals surface area contributed by atoms with Crippen molar-refractivity contribution in [2.24, 2.45) is 0 Å². The SMILES string of the molecule is CC1(C)OB(c2ccc(N)cc2F)OC1(C)C.Cc1nn(-c2nccs2)cc1-c1ccc(N)cc1F.Cc1nn(-c2nccs2)cc1-c1ccc(N)cc1F.Cc1nn(-c2nccs2)cc1-c1ccc(NC(=O)c2c(F)cccc2F)cc1F.Cc1nn(-c2nccs2)cc1Br.O=C(Cl)c1c(F)cccc1F. The van der Waals surface area contributed by atoms with Crippen LogP contribution in [0.15, 0.2) is 185 Å². The lowest BCUT2D eigenvalue weighted by atomic mass is 9.78. The van der Waals surface area contributed by atoms with Crippen LogP contribution in [0.25, 0.3) is 53.9 Å². The number of halogens is 10. The fourth-order valence-corrected chi connectivity index (χ4v) is 12.7.